The molecule has 0 saturated heterocycles. The third-order valence-corrected chi connectivity index (χ3v) is 3.43. The van der Waals surface area contributed by atoms with Crippen LogP contribution in [0.2, 0.25) is 0 Å². The maximum absolute atomic E-state index is 4.28. The zero-order valence-corrected chi connectivity index (χ0v) is 12.0. The molecule has 0 atom stereocenters. The third kappa shape index (κ3) is 3.13. The van der Waals surface area contributed by atoms with Crippen LogP contribution in [0, 0.1) is 0 Å². The van der Waals surface area contributed by atoms with E-state index in [0.717, 1.165) is 36.3 Å². The first kappa shape index (κ1) is 13.4. The molecule has 0 N–H and O–H groups in total. The Labute approximate surface area is 123 Å². The van der Waals surface area contributed by atoms with Crippen molar-refractivity contribution < 1.29 is 0 Å². The number of benzene rings is 1. The summed E-state index contributed by atoms with van der Waals surface area (Å²) in [7, 11) is 0. The lowest BCUT2D eigenvalue weighted by atomic mass is 10.0. The lowest BCUT2D eigenvalue weighted by molar-refractivity contribution is 0.583. The minimum Gasteiger partial charge on any atom is -0.261 e. The lowest BCUT2D eigenvalue weighted by Gasteiger charge is -2.03. The van der Waals surface area contributed by atoms with Crippen LogP contribution in [0.15, 0.2) is 49.1 Å². The van der Waals surface area contributed by atoms with E-state index in [1.54, 1.807) is 18.6 Å². The molecule has 1 aromatic carbocycles. The SMILES string of the molecule is CCc1ccccc1-c1cn(CCc2cnccn2)nn1. The predicted octanol–water partition coefficient (Wildman–Crippen LogP) is 2.54. The molecule has 0 radical (unpaired) electrons. The first-order chi connectivity index (χ1) is 10.4. The molecule has 0 saturated carbocycles. The van der Waals surface area contributed by atoms with Crippen molar-refractivity contribution in [2.45, 2.75) is 26.3 Å². The summed E-state index contributed by atoms with van der Waals surface area (Å²) in [5, 5.41) is 8.49. The first-order valence-electron chi connectivity index (χ1n) is 7.10. The summed E-state index contributed by atoms with van der Waals surface area (Å²) in [6.07, 6.45) is 8.95. The highest BCUT2D eigenvalue weighted by Gasteiger charge is 2.07. The molecule has 0 spiro atoms. The van der Waals surface area contributed by atoms with Gasteiger partial charge in [0.25, 0.3) is 0 Å². The highest BCUT2D eigenvalue weighted by atomic mass is 15.4. The van der Waals surface area contributed by atoms with Crippen LogP contribution in [-0.2, 0) is 19.4 Å². The Morgan fingerprint density at radius 1 is 1.14 bits per heavy atom. The predicted molar refractivity (Wildman–Crippen MR) is 80.6 cm³/mol. The van der Waals surface area contributed by atoms with Gasteiger partial charge in [-0.3, -0.25) is 14.6 Å². The summed E-state index contributed by atoms with van der Waals surface area (Å²) in [6, 6.07) is 8.32. The number of hydrogen-bond donors (Lipinski definition) is 0. The number of aromatic nitrogens is 5. The van der Waals surface area contributed by atoms with Crippen LogP contribution in [0.4, 0.5) is 0 Å². The number of hydrogen-bond acceptors (Lipinski definition) is 4. The molecule has 106 valence electrons. The largest absolute Gasteiger partial charge is 0.261 e. The molecule has 0 aliphatic carbocycles. The quantitative estimate of drug-likeness (QED) is 0.720. The van der Waals surface area contributed by atoms with Crippen molar-refractivity contribution in [2.75, 3.05) is 0 Å². The molecule has 2 aromatic heterocycles. The number of rotatable bonds is 5. The van der Waals surface area contributed by atoms with Gasteiger partial charge in [-0.15, -0.1) is 5.10 Å². The van der Waals surface area contributed by atoms with E-state index in [9.17, 15) is 0 Å². The summed E-state index contributed by atoms with van der Waals surface area (Å²) in [6.45, 7) is 2.90. The fourth-order valence-electron chi connectivity index (χ4n) is 2.30. The summed E-state index contributed by atoms with van der Waals surface area (Å²) >= 11 is 0. The second-order valence-electron chi connectivity index (χ2n) is 4.82. The van der Waals surface area contributed by atoms with Gasteiger partial charge in [0, 0.05) is 37.1 Å². The Bertz CT molecular complexity index is 705. The van der Waals surface area contributed by atoms with Gasteiger partial charge in [-0.05, 0) is 12.0 Å². The van der Waals surface area contributed by atoms with Crippen molar-refractivity contribution in [3.05, 3.63) is 60.3 Å². The molecule has 0 fully saturated rings. The Kier molecular flexibility index (Phi) is 4.00. The van der Waals surface area contributed by atoms with Crippen molar-refractivity contribution >= 4 is 0 Å². The van der Waals surface area contributed by atoms with Crippen LogP contribution in [0.1, 0.15) is 18.2 Å². The van der Waals surface area contributed by atoms with Crippen molar-refractivity contribution in [3.8, 4) is 11.3 Å². The fourth-order valence-corrected chi connectivity index (χ4v) is 2.30. The van der Waals surface area contributed by atoms with Gasteiger partial charge in [0.15, 0.2) is 0 Å². The van der Waals surface area contributed by atoms with Gasteiger partial charge in [0.1, 0.15) is 5.69 Å². The molecule has 3 rings (SSSR count). The smallest absolute Gasteiger partial charge is 0.113 e. The molecule has 0 amide bonds. The maximum Gasteiger partial charge on any atom is 0.113 e. The number of aryl methyl sites for hydroxylation is 3. The zero-order chi connectivity index (χ0) is 14.5. The van der Waals surface area contributed by atoms with E-state index in [1.807, 2.05) is 16.9 Å². The van der Waals surface area contributed by atoms with Crippen molar-refractivity contribution in [1.82, 2.24) is 25.0 Å². The summed E-state index contributed by atoms with van der Waals surface area (Å²) in [5.41, 5.74) is 4.33. The molecule has 2 heterocycles. The second-order valence-corrected chi connectivity index (χ2v) is 4.82. The highest BCUT2D eigenvalue weighted by molar-refractivity contribution is 5.62. The molecule has 0 bridgehead atoms. The first-order valence-corrected chi connectivity index (χ1v) is 7.10. The minimum atomic E-state index is 0.750. The Hall–Kier alpha value is -2.56. The topological polar surface area (TPSA) is 56.5 Å². The minimum absolute atomic E-state index is 0.750. The van der Waals surface area contributed by atoms with E-state index < -0.39 is 0 Å². The fraction of sp³-hybridized carbons (Fsp3) is 0.250. The van der Waals surface area contributed by atoms with E-state index in [2.05, 4.69) is 45.4 Å². The zero-order valence-electron chi connectivity index (χ0n) is 12.0. The summed E-state index contributed by atoms with van der Waals surface area (Å²) < 4.78 is 1.86. The van der Waals surface area contributed by atoms with Crippen LogP contribution < -0.4 is 0 Å². The second kappa shape index (κ2) is 6.26. The van der Waals surface area contributed by atoms with Crippen molar-refractivity contribution in [1.29, 1.82) is 0 Å². The van der Waals surface area contributed by atoms with Gasteiger partial charge in [-0.25, -0.2) is 0 Å². The van der Waals surface area contributed by atoms with Gasteiger partial charge < -0.3 is 0 Å². The molecule has 5 heteroatoms. The molecule has 0 unspecified atom stereocenters. The van der Waals surface area contributed by atoms with Crippen molar-refractivity contribution in [2.24, 2.45) is 0 Å². The molecule has 0 aliphatic heterocycles. The van der Waals surface area contributed by atoms with Crippen LogP contribution >= 0.6 is 0 Å². The van der Waals surface area contributed by atoms with E-state index in [4.69, 9.17) is 0 Å². The Morgan fingerprint density at radius 3 is 2.86 bits per heavy atom. The van der Waals surface area contributed by atoms with Gasteiger partial charge in [-0.2, -0.15) is 0 Å². The Balaban J connectivity index is 1.74. The van der Waals surface area contributed by atoms with E-state index >= 15 is 0 Å². The van der Waals surface area contributed by atoms with Crippen molar-refractivity contribution in [3.63, 3.8) is 0 Å². The Morgan fingerprint density at radius 2 is 2.05 bits per heavy atom. The average Bonchev–Trinajstić information content (AvgIpc) is 3.02. The number of nitrogens with zero attached hydrogens (tertiary/aromatic N) is 5. The molecule has 21 heavy (non-hydrogen) atoms. The monoisotopic (exact) mass is 279 g/mol. The molecular formula is C16H17N5. The van der Waals surface area contributed by atoms with Crippen LogP contribution in [0.25, 0.3) is 11.3 Å². The maximum atomic E-state index is 4.28. The normalized spacial score (nSPS) is 10.7. The van der Waals surface area contributed by atoms with E-state index in [-0.39, 0.29) is 0 Å². The summed E-state index contributed by atoms with van der Waals surface area (Å²) in [4.78, 5) is 8.33. The molecule has 5 nitrogen and oxygen atoms in total. The summed E-state index contributed by atoms with van der Waals surface area (Å²) in [5.74, 6) is 0. The van der Waals surface area contributed by atoms with Gasteiger partial charge in [0.2, 0.25) is 0 Å². The average molecular weight is 279 g/mol. The molecule has 0 aliphatic rings. The van der Waals surface area contributed by atoms with Gasteiger partial charge in [0.05, 0.1) is 11.9 Å². The van der Waals surface area contributed by atoms with Crippen LogP contribution in [-0.4, -0.2) is 25.0 Å². The third-order valence-electron chi connectivity index (χ3n) is 3.43. The molecule has 3 aromatic rings. The van der Waals surface area contributed by atoms with Crippen LogP contribution in [0.3, 0.4) is 0 Å². The van der Waals surface area contributed by atoms with Crippen LogP contribution in [0.5, 0.6) is 0 Å². The lowest BCUT2D eigenvalue weighted by Crippen LogP contribution is -2.03. The van der Waals surface area contributed by atoms with Gasteiger partial charge in [-0.1, -0.05) is 36.4 Å². The molecular weight excluding hydrogens is 262 g/mol. The standard InChI is InChI=1S/C16H17N5/c1-2-13-5-3-4-6-15(13)16-12-21(20-19-16)10-7-14-11-17-8-9-18-14/h3-6,8-9,11-12H,2,7,10H2,1H3. The van der Waals surface area contributed by atoms with E-state index in [1.165, 1.54) is 5.56 Å². The highest BCUT2D eigenvalue weighted by Crippen LogP contribution is 2.21. The van der Waals surface area contributed by atoms with E-state index in [0.29, 0.717) is 0 Å². The van der Waals surface area contributed by atoms with Gasteiger partial charge >= 0.3 is 0 Å².